The molecule has 1 fully saturated rings. The molecule has 190 valence electrons. The Labute approximate surface area is 209 Å². The molecule has 2 heterocycles. The molecule has 0 aliphatic carbocycles. The predicted molar refractivity (Wildman–Crippen MR) is 139 cm³/mol. The Morgan fingerprint density at radius 3 is 2.31 bits per heavy atom. The van der Waals surface area contributed by atoms with Gasteiger partial charge in [-0.05, 0) is 60.2 Å². The van der Waals surface area contributed by atoms with Gasteiger partial charge in [0.15, 0.2) is 6.10 Å². The number of anilines is 1. The highest BCUT2D eigenvalue weighted by molar-refractivity contribution is 7.92. The van der Waals surface area contributed by atoms with Crippen LogP contribution in [-0.4, -0.2) is 51.2 Å². The van der Waals surface area contributed by atoms with Gasteiger partial charge in [-0.25, -0.2) is 8.42 Å². The van der Waals surface area contributed by atoms with Gasteiger partial charge >= 0.3 is 0 Å². The number of amides is 1. The Balaban J connectivity index is 1.40. The van der Waals surface area contributed by atoms with E-state index in [4.69, 9.17) is 4.74 Å². The van der Waals surface area contributed by atoms with Gasteiger partial charge in [0, 0.05) is 13.1 Å². The predicted octanol–water partition coefficient (Wildman–Crippen LogP) is 3.81. The van der Waals surface area contributed by atoms with Crippen molar-refractivity contribution in [1.29, 1.82) is 0 Å². The maximum Gasteiger partial charge on any atom is 0.263 e. The van der Waals surface area contributed by atoms with Gasteiger partial charge in [0.05, 0.1) is 18.5 Å². The molecule has 8 heteroatoms. The van der Waals surface area contributed by atoms with E-state index in [9.17, 15) is 13.2 Å². The minimum Gasteiger partial charge on any atom is -0.476 e. The van der Waals surface area contributed by atoms with E-state index in [0.29, 0.717) is 18.0 Å². The summed E-state index contributed by atoms with van der Waals surface area (Å²) in [6.07, 6.45) is 4.10. The molecule has 0 aromatic heterocycles. The SMILES string of the molecule is CC(C)(C)c1ccc2c(c1)N(S(C)(=O)=O)CC(C(=O)NCc1ccc(CN3CCCCC3)cc1)O2. The number of likely N-dealkylation sites (tertiary alicyclic amines) is 1. The molecule has 1 atom stereocenters. The molecule has 1 unspecified atom stereocenters. The third-order valence-corrected chi connectivity index (χ3v) is 7.88. The maximum atomic E-state index is 12.9. The Morgan fingerprint density at radius 1 is 1.03 bits per heavy atom. The molecule has 2 aliphatic rings. The molecular formula is C27H37N3O4S. The lowest BCUT2D eigenvalue weighted by atomic mass is 9.86. The first-order chi connectivity index (χ1) is 16.5. The number of fused-ring (bicyclic) bond motifs is 1. The molecule has 2 aromatic carbocycles. The summed E-state index contributed by atoms with van der Waals surface area (Å²) in [4.78, 5) is 15.4. The quantitative estimate of drug-likeness (QED) is 0.654. The van der Waals surface area contributed by atoms with Gasteiger partial charge in [0.2, 0.25) is 10.0 Å². The molecule has 1 N–H and O–H groups in total. The van der Waals surface area contributed by atoms with Crippen LogP contribution in [0.3, 0.4) is 0 Å². The fraction of sp³-hybridized carbons (Fsp3) is 0.519. The van der Waals surface area contributed by atoms with E-state index in [2.05, 4.69) is 43.1 Å². The van der Waals surface area contributed by atoms with Gasteiger partial charge < -0.3 is 10.1 Å². The molecule has 1 saturated heterocycles. The lowest BCUT2D eigenvalue weighted by Crippen LogP contribution is -2.50. The Hall–Kier alpha value is -2.58. The first-order valence-corrected chi connectivity index (χ1v) is 14.2. The number of hydrogen-bond acceptors (Lipinski definition) is 5. The molecule has 0 bridgehead atoms. The second-order valence-electron chi connectivity index (χ2n) is 10.7. The van der Waals surface area contributed by atoms with Gasteiger partial charge in [-0.2, -0.15) is 0 Å². The van der Waals surface area contributed by atoms with Crippen LogP contribution < -0.4 is 14.4 Å². The first kappa shape index (κ1) is 25.5. The third kappa shape index (κ3) is 6.35. The normalized spacial score (nSPS) is 19.1. The second-order valence-corrected chi connectivity index (χ2v) is 12.6. The number of sulfonamides is 1. The highest BCUT2D eigenvalue weighted by atomic mass is 32.2. The van der Waals surface area contributed by atoms with Crippen molar-refractivity contribution < 1.29 is 17.9 Å². The van der Waals surface area contributed by atoms with Crippen molar-refractivity contribution in [1.82, 2.24) is 10.2 Å². The second kappa shape index (κ2) is 10.2. The van der Waals surface area contributed by atoms with E-state index >= 15 is 0 Å². The molecule has 7 nitrogen and oxygen atoms in total. The van der Waals surface area contributed by atoms with E-state index < -0.39 is 16.1 Å². The minimum atomic E-state index is -3.58. The summed E-state index contributed by atoms with van der Waals surface area (Å²) in [7, 11) is -3.58. The average Bonchev–Trinajstić information content (AvgIpc) is 2.82. The molecule has 4 rings (SSSR count). The van der Waals surface area contributed by atoms with Crippen LogP contribution in [0.15, 0.2) is 42.5 Å². The summed E-state index contributed by atoms with van der Waals surface area (Å²) in [6, 6.07) is 13.8. The number of piperidine rings is 1. The molecule has 0 saturated carbocycles. The fourth-order valence-corrected chi connectivity index (χ4v) is 5.52. The number of ether oxygens (including phenoxy) is 1. The molecule has 1 amide bonds. The largest absolute Gasteiger partial charge is 0.476 e. The summed E-state index contributed by atoms with van der Waals surface area (Å²) >= 11 is 0. The number of carbonyl (C=O) groups excluding carboxylic acids is 1. The van der Waals surface area contributed by atoms with E-state index in [1.807, 2.05) is 24.3 Å². The maximum absolute atomic E-state index is 12.9. The number of rotatable bonds is 6. The third-order valence-electron chi connectivity index (χ3n) is 6.73. The van der Waals surface area contributed by atoms with Crippen molar-refractivity contribution >= 4 is 21.6 Å². The fourth-order valence-electron chi connectivity index (χ4n) is 4.61. The van der Waals surface area contributed by atoms with Gasteiger partial charge in [0.1, 0.15) is 5.75 Å². The van der Waals surface area contributed by atoms with Crippen LogP contribution in [0.25, 0.3) is 0 Å². The summed E-state index contributed by atoms with van der Waals surface area (Å²) in [6.45, 7) is 9.78. The first-order valence-electron chi connectivity index (χ1n) is 12.4. The average molecular weight is 500 g/mol. The summed E-state index contributed by atoms with van der Waals surface area (Å²) in [5.41, 5.74) is 3.60. The lowest BCUT2D eigenvalue weighted by Gasteiger charge is -2.35. The Kier molecular flexibility index (Phi) is 7.43. The topological polar surface area (TPSA) is 79.0 Å². The number of nitrogens with zero attached hydrogens (tertiary/aromatic N) is 2. The summed E-state index contributed by atoms with van der Waals surface area (Å²) in [5.74, 6) is 0.0680. The zero-order valence-corrected chi connectivity index (χ0v) is 22.0. The van der Waals surface area contributed by atoms with E-state index in [-0.39, 0.29) is 17.9 Å². The van der Waals surface area contributed by atoms with Gasteiger partial charge in [-0.15, -0.1) is 0 Å². The van der Waals surface area contributed by atoms with Crippen LogP contribution in [-0.2, 0) is 33.3 Å². The van der Waals surface area contributed by atoms with Crippen LogP contribution in [0.2, 0.25) is 0 Å². The van der Waals surface area contributed by atoms with Crippen molar-refractivity contribution in [3.05, 3.63) is 59.2 Å². The zero-order chi connectivity index (χ0) is 25.2. The Morgan fingerprint density at radius 2 is 1.69 bits per heavy atom. The molecule has 0 radical (unpaired) electrons. The van der Waals surface area contributed by atoms with Crippen molar-refractivity contribution in [3.63, 3.8) is 0 Å². The lowest BCUT2D eigenvalue weighted by molar-refractivity contribution is -0.127. The molecule has 2 aromatic rings. The van der Waals surface area contributed by atoms with Gasteiger partial charge in [0.25, 0.3) is 5.91 Å². The van der Waals surface area contributed by atoms with Crippen LogP contribution in [0, 0.1) is 0 Å². The number of nitrogens with one attached hydrogen (secondary N) is 1. The van der Waals surface area contributed by atoms with Crippen molar-refractivity contribution in [2.24, 2.45) is 0 Å². The minimum absolute atomic E-state index is 0.0555. The summed E-state index contributed by atoms with van der Waals surface area (Å²) in [5, 5.41) is 2.91. The van der Waals surface area contributed by atoms with Crippen LogP contribution in [0.5, 0.6) is 5.75 Å². The van der Waals surface area contributed by atoms with Crippen molar-refractivity contribution in [3.8, 4) is 5.75 Å². The van der Waals surface area contributed by atoms with E-state index in [0.717, 1.165) is 37.0 Å². The molecule has 2 aliphatic heterocycles. The van der Waals surface area contributed by atoms with Gasteiger partial charge in [-0.1, -0.05) is 57.5 Å². The standard InChI is InChI=1S/C27H37N3O4S/c1-27(2,3)22-12-13-24-23(16-22)30(35(4,32)33)19-25(34-24)26(31)28-17-20-8-10-21(11-9-20)18-29-14-6-5-7-15-29/h8-13,16,25H,5-7,14-15,17-19H2,1-4H3,(H,28,31). The van der Waals surface area contributed by atoms with Crippen molar-refractivity contribution in [2.75, 3.05) is 30.2 Å². The molecular weight excluding hydrogens is 462 g/mol. The highest BCUT2D eigenvalue weighted by Crippen LogP contribution is 2.38. The number of hydrogen-bond donors (Lipinski definition) is 1. The van der Waals surface area contributed by atoms with Gasteiger partial charge in [-0.3, -0.25) is 14.0 Å². The van der Waals surface area contributed by atoms with Crippen LogP contribution in [0.4, 0.5) is 5.69 Å². The molecule has 35 heavy (non-hydrogen) atoms. The number of benzene rings is 2. The molecule has 0 spiro atoms. The van der Waals surface area contributed by atoms with E-state index in [1.165, 1.54) is 29.1 Å². The number of carbonyl (C=O) groups is 1. The highest BCUT2D eigenvalue weighted by Gasteiger charge is 2.35. The van der Waals surface area contributed by atoms with E-state index in [1.54, 1.807) is 6.07 Å². The van der Waals surface area contributed by atoms with Crippen LogP contribution in [0.1, 0.15) is 56.7 Å². The smallest absolute Gasteiger partial charge is 0.263 e. The zero-order valence-electron chi connectivity index (χ0n) is 21.2. The monoisotopic (exact) mass is 499 g/mol. The Bertz CT molecular complexity index is 1150. The summed E-state index contributed by atoms with van der Waals surface area (Å²) < 4.78 is 32.4. The van der Waals surface area contributed by atoms with Crippen LogP contribution >= 0.6 is 0 Å². The van der Waals surface area contributed by atoms with Crippen molar-refractivity contribution in [2.45, 2.75) is 64.6 Å².